The van der Waals surface area contributed by atoms with Gasteiger partial charge in [-0.15, -0.1) is 11.3 Å². The first kappa shape index (κ1) is 32.8. The van der Waals surface area contributed by atoms with E-state index in [1.54, 1.807) is 30.3 Å². The number of benzene rings is 3. The molecule has 0 saturated heterocycles. The minimum Gasteiger partial charge on any atom is -0.302 e. The van der Waals surface area contributed by atoms with Gasteiger partial charge in [-0.3, -0.25) is 9.00 Å². The molecule has 0 bridgehead atoms. The van der Waals surface area contributed by atoms with Crippen LogP contribution in [-0.2, 0) is 35.4 Å². The summed E-state index contributed by atoms with van der Waals surface area (Å²) in [6.07, 6.45) is -9.96. The number of nitrogens with zero attached hydrogens (tertiary/aromatic N) is 2. The molecule has 0 spiro atoms. The van der Waals surface area contributed by atoms with E-state index in [1.165, 1.54) is 24.3 Å². The fourth-order valence-corrected chi connectivity index (χ4v) is 6.83. The second-order valence-corrected chi connectivity index (χ2v) is 12.5. The van der Waals surface area contributed by atoms with Crippen LogP contribution in [0.2, 0.25) is 0 Å². The van der Waals surface area contributed by atoms with E-state index in [0.717, 1.165) is 35.6 Å². The number of pyridine rings is 1. The molecule has 0 amide bonds. The Hall–Kier alpha value is -4.61. The zero-order chi connectivity index (χ0) is 33.4. The van der Waals surface area contributed by atoms with Gasteiger partial charge in [0.2, 0.25) is 0 Å². The van der Waals surface area contributed by atoms with Crippen LogP contribution in [0.1, 0.15) is 27.8 Å². The van der Waals surface area contributed by atoms with Crippen LogP contribution in [0.5, 0.6) is 0 Å². The Morgan fingerprint density at radius 1 is 0.826 bits per heavy atom. The minimum atomic E-state index is -5.14. The highest BCUT2D eigenvalue weighted by Crippen LogP contribution is 2.41. The normalized spacial score (nSPS) is 12.6. The van der Waals surface area contributed by atoms with Crippen molar-refractivity contribution in [3.8, 4) is 27.1 Å². The Kier molecular flexibility index (Phi) is 9.01. The molecule has 236 valence electrons. The van der Waals surface area contributed by atoms with E-state index in [2.05, 4.69) is 0 Å². The van der Waals surface area contributed by atoms with E-state index in [4.69, 9.17) is 0 Å². The van der Waals surface area contributed by atoms with Crippen molar-refractivity contribution in [2.75, 3.05) is 0 Å². The second-order valence-electron chi connectivity index (χ2n) is 9.94. The fraction of sp³-hybridized carbons (Fsp3) is 0.125. The molecule has 5 rings (SSSR count). The van der Waals surface area contributed by atoms with E-state index in [-0.39, 0.29) is 31.5 Å². The van der Waals surface area contributed by atoms with Gasteiger partial charge in [-0.05, 0) is 53.6 Å². The fourth-order valence-electron chi connectivity index (χ4n) is 4.64. The van der Waals surface area contributed by atoms with Crippen LogP contribution < -0.4 is 5.56 Å². The minimum absolute atomic E-state index is 0.0334. The van der Waals surface area contributed by atoms with Gasteiger partial charge in [0, 0.05) is 21.4 Å². The molecule has 46 heavy (non-hydrogen) atoms. The Morgan fingerprint density at radius 2 is 1.52 bits per heavy atom. The van der Waals surface area contributed by atoms with Crippen molar-refractivity contribution in [1.29, 1.82) is 5.26 Å². The van der Waals surface area contributed by atoms with Crippen LogP contribution in [0, 0.1) is 23.0 Å². The van der Waals surface area contributed by atoms with Crippen LogP contribution in [0.25, 0.3) is 21.0 Å². The van der Waals surface area contributed by atoms with Crippen molar-refractivity contribution in [2.24, 2.45) is 0 Å². The van der Waals surface area contributed by atoms with Gasteiger partial charge in [0.05, 0.1) is 44.8 Å². The molecule has 1 unspecified atom stereocenters. The van der Waals surface area contributed by atoms with Crippen LogP contribution in [0.15, 0.2) is 94.6 Å². The predicted molar refractivity (Wildman–Crippen MR) is 156 cm³/mol. The molecular weight excluding hydrogens is 660 g/mol. The smallest absolute Gasteiger partial charge is 0.302 e. The molecule has 1 atom stereocenters. The molecular formula is C32H18F8N2O2S2. The maximum Gasteiger partial charge on any atom is 0.417 e. The van der Waals surface area contributed by atoms with Crippen molar-refractivity contribution in [3.05, 3.63) is 135 Å². The topological polar surface area (TPSA) is 62.9 Å². The number of rotatable bonds is 7. The first-order valence-electron chi connectivity index (χ1n) is 13.1. The monoisotopic (exact) mass is 678 g/mol. The van der Waals surface area contributed by atoms with E-state index in [1.807, 2.05) is 0 Å². The van der Waals surface area contributed by atoms with Crippen molar-refractivity contribution < 1.29 is 39.3 Å². The molecule has 14 heteroatoms. The first-order chi connectivity index (χ1) is 21.7. The number of nitriles is 1. The summed E-state index contributed by atoms with van der Waals surface area (Å²) in [5.41, 5.74) is -5.40. The van der Waals surface area contributed by atoms with Gasteiger partial charge in [0.1, 0.15) is 23.3 Å². The SMILES string of the molecule is N#Cc1c(C(F)(F)F)cc(-c2ccc(-c3cc(S(=O)Cc4ccccc4)cc(C(F)(F)F)c3)s2)n(Cc2ccc(F)cc2F)c1=O. The van der Waals surface area contributed by atoms with Gasteiger partial charge >= 0.3 is 12.4 Å². The van der Waals surface area contributed by atoms with Gasteiger partial charge in [0.15, 0.2) is 0 Å². The van der Waals surface area contributed by atoms with E-state index < -0.39 is 69.3 Å². The molecule has 0 saturated carbocycles. The number of aromatic nitrogens is 1. The lowest BCUT2D eigenvalue weighted by Crippen LogP contribution is -2.28. The summed E-state index contributed by atoms with van der Waals surface area (Å²) in [4.78, 5) is 13.2. The molecule has 2 aromatic heterocycles. The van der Waals surface area contributed by atoms with E-state index >= 15 is 0 Å². The van der Waals surface area contributed by atoms with Gasteiger partial charge < -0.3 is 4.57 Å². The largest absolute Gasteiger partial charge is 0.417 e. The average Bonchev–Trinajstić information content (AvgIpc) is 3.49. The summed E-state index contributed by atoms with van der Waals surface area (Å²) < 4.78 is 125. The highest BCUT2D eigenvalue weighted by molar-refractivity contribution is 7.84. The third kappa shape index (κ3) is 6.95. The van der Waals surface area contributed by atoms with E-state index in [9.17, 15) is 49.4 Å². The van der Waals surface area contributed by atoms with Crippen molar-refractivity contribution in [1.82, 2.24) is 4.57 Å². The lowest BCUT2D eigenvalue weighted by Gasteiger charge is -2.17. The highest BCUT2D eigenvalue weighted by atomic mass is 32.2. The molecule has 0 N–H and O–H groups in total. The number of hydrogen-bond donors (Lipinski definition) is 0. The van der Waals surface area contributed by atoms with Gasteiger partial charge in [0.25, 0.3) is 5.56 Å². The molecule has 5 aromatic rings. The van der Waals surface area contributed by atoms with E-state index in [0.29, 0.717) is 22.3 Å². The van der Waals surface area contributed by atoms with Crippen molar-refractivity contribution in [3.63, 3.8) is 0 Å². The first-order valence-corrected chi connectivity index (χ1v) is 15.2. The predicted octanol–water partition coefficient (Wildman–Crippen LogP) is 8.79. The van der Waals surface area contributed by atoms with Crippen LogP contribution in [-0.4, -0.2) is 8.78 Å². The second kappa shape index (κ2) is 12.6. The van der Waals surface area contributed by atoms with Crippen LogP contribution >= 0.6 is 11.3 Å². The van der Waals surface area contributed by atoms with Crippen LogP contribution in [0.4, 0.5) is 35.1 Å². The van der Waals surface area contributed by atoms with Gasteiger partial charge in [-0.25, -0.2) is 8.78 Å². The summed E-state index contributed by atoms with van der Waals surface area (Å²) in [5, 5.41) is 9.41. The van der Waals surface area contributed by atoms with Crippen LogP contribution in [0.3, 0.4) is 0 Å². The third-order valence-corrected chi connectivity index (χ3v) is 9.36. The molecule has 2 heterocycles. The molecule has 0 aliphatic rings. The summed E-state index contributed by atoms with van der Waals surface area (Å²) in [6.45, 7) is -0.688. The van der Waals surface area contributed by atoms with Crippen molar-refractivity contribution in [2.45, 2.75) is 29.5 Å². The molecule has 0 radical (unpaired) electrons. The molecule has 0 fully saturated rings. The number of thiophene rings is 1. The average molecular weight is 679 g/mol. The lowest BCUT2D eigenvalue weighted by atomic mass is 10.1. The summed E-state index contributed by atoms with van der Waals surface area (Å²) in [6, 6.07) is 18.0. The van der Waals surface area contributed by atoms with Gasteiger partial charge in [-0.1, -0.05) is 36.4 Å². The summed E-state index contributed by atoms with van der Waals surface area (Å²) in [7, 11) is -1.90. The molecule has 0 aliphatic heterocycles. The molecule has 4 nitrogen and oxygen atoms in total. The number of halogens is 8. The quantitative estimate of drug-likeness (QED) is 0.162. The Morgan fingerprint density at radius 3 is 2.15 bits per heavy atom. The molecule has 3 aromatic carbocycles. The van der Waals surface area contributed by atoms with Crippen molar-refractivity contribution >= 4 is 22.1 Å². The van der Waals surface area contributed by atoms with Gasteiger partial charge in [-0.2, -0.15) is 31.6 Å². The zero-order valence-corrected chi connectivity index (χ0v) is 24.7. The number of alkyl halides is 6. The summed E-state index contributed by atoms with van der Waals surface area (Å²) >= 11 is 0.726. The standard InChI is InChI=1S/C32H18F8N2O2S2/c33-22-7-6-19(26(34)13-22)16-42-27(14-25(32(38,39)40)24(15-41)30(42)43)29-9-8-28(45-29)20-10-21(31(35,36)37)12-23(11-20)46(44)17-18-4-2-1-3-5-18/h1-14H,16-17H2. The lowest BCUT2D eigenvalue weighted by molar-refractivity contribution is -0.138. The summed E-state index contributed by atoms with van der Waals surface area (Å²) in [5.74, 6) is -2.11. The molecule has 0 aliphatic carbocycles. The zero-order valence-electron chi connectivity index (χ0n) is 23.0. The Bertz CT molecular complexity index is 2060. The number of hydrogen-bond acceptors (Lipinski definition) is 4. The maximum atomic E-state index is 14.5. The third-order valence-electron chi connectivity index (χ3n) is 6.84. The maximum absolute atomic E-state index is 14.5. The highest BCUT2D eigenvalue weighted by Gasteiger charge is 2.37. The Balaban J connectivity index is 1.65. The Labute approximate surface area is 262 Å².